The maximum absolute atomic E-state index is 12.6. The first-order valence-corrected chi connectivity index (χ1v) is 8.15. The van der Waals surface area contributed by atoms with Gasteiger partial charge < -0.3 is 10.0 Å². The van der Waals surface area contributed by atoms with Gasteiger partial charge in [-0.15, -0.1) is 0 Å². The first-order chi connectivity index (χ1) is 11.2. The van der Waals surface area contributed by atoms with Crippen molar-refractivity contribution in [2.75, 3.05) is 13.7 Å². The van der Waals surface area contributed by atoms with Crippen molar-refractivity contribution in [3.8, 4) is 0 Å². The Morgan fingerprint density at radius 2 is 1.78 bits per heavy atom. The van der Waals surface area contributed by atoms with Crippen LogP contribution >= 0.6 is 0 Å². The molecule has 23 heavy (non-hydrogen) atoms. The largest absolute Gasteiger partial charge is 0.396 e. The van der Waals surface area contributed by atoms with Gasteiger partial charge in [0.1, 0.15) is 0 Å². The topological polar surface area (TPSA) is 40.5 Å². The van der Waals surface area contributed by atoms with Gasteiger partial charge in [-0.1, -0.05) is 61.5 Å². The van der Waals surface area contributed by atoms with Gasteiger partial charge >= 0.3 is 0 Å². The molecule has 0 heterocycles. The maximum Gasteiger partial charge on any atom is 0.227 e. The molecular formula is C20H25NO2. The third kappa shape index (κ3) is 4.67. The molecule has 2 aromatic rings. The Kier molecular flexibility index (Phi) is 6.36. The molecule has 0 bridgehead atoms. The first kappa shape index (κ1) is 17.2. The second-order valence-electron chi connectivity index (χ2n) is 5.79. The molecule has 0 aliphatic heterocycles. The van der Waals surface area contributed by atoms with Gasteiger partial charge in [-0.25, -0.2) is 0 Å². The third-order valence-corrected chi connectivity index (χ3v) is 4.20. The van der Waals surface area contributed by atoms with E-state index in [2.05, 4.69) is 19.1 Å². The summed E-state index contributed by atoms with van der Waals surface area (Å²) in [7, 11) is 1.82. The highest BCUT2D eigenvalue weighted by Gasteiger charge is 2.21. The third-order valence-electron chi connectivity index (χ3n) is 4.20. The molecule has 2 rings (SSSR count). The Hall–Kier alpha value is -2.13. The fourth-order valence-corrected chi connectivity index (χ4v) is 2.81. The van der Waals surface area contributed by atoms with E-state index in [0.29, 0.717) is 12.8 Å². The SMILES string of the molecule is CCc1cccc(CC(=O)N(C)C(CCO)c2ccccc2)c1. The van der Waals surface area contributed by atoms with Crippen LogP contribution < -0.4 is 0 Å². The molecule has 1 amide bonds. The number of aryl methyl sites for hydroxylation is 1. The molecule has 0 radical (unpaired) electrons. The average molecular weight is 311 g/mol. The number of nitrogens with zero attached hydrogens (tertiary/aromatic N) is 1. The smallest absolute Gasteiger partial charge is 0.227 e. The van der Waals surface area contributed by atoms with Crippen LogP contribution in [0.2, 0.25) is 0 Å². The number of hydrogen-bond acceptors (Lipinski definition) is 2. The van der Waals surface area contributed by atoms with Crippen LogP contribution in [0.3, 0.4) is 0 Å². The lowest BCUT2D eigenvalue weighted by Gasteiger charge is -2.28. The fraction of sp³-hybridized carbons (Fsp3) is 0.350. The predicted molar refractivity (Wildman–Crippen MR) is 93.2 cm³/mol. The summed E-state index contributed by atoms with van der Waals surface area (Å²) in [6.45, 7) is 2.17. The van der Waals surface area contributed by atoms with E-state index in [9.17, 15) is 9.90 Å². The number of carbonyl (C=O) groups excluding carboxylic acids is 1. The van der Waals surface area contributed by atoms with E-state index in [4.69, 9.17) is 0 Å². The van der Waals surface area contributed by atoms with E-state index in [0.717, 1.165) is 17.5 Å². The van der Waals surface area contributed by atoms with Gasteiger partial charge in [-0.3, -0.25) is 4.79 Å². The van der Waals surface area contributed by atoms with Crippen molar-refractivity contribution >= 4 is 5.91 Å². The van der Waals surface area contributed by atoms with Crippen molar-refractivity contribution in [3.05, 3.63) is 71.3 Å². The number of aliphatic hydroxyl groups is 1. The summed E-state index contributed by atoms with van der Waals surface area (Å²) in [5, 5.41) is 9.35. The lowest BCUT2D eigenvalue weighted by Crippen LogP contribution is -2.33. The molecule has 0 aliphatic carbocycles. The van der Waals surface area contributed by atoms with E-state index >= 15 is 0 Å². The number of amides is 1. The lowest BCUT2D eigenvalue weighted by atomic mass is 10.0. The highest BCUT2D eigenvalue weighted by atomic mass is 16.3. The van der Waals surface area contributed by atoms with Crippen molar-refractivity contribution in [2.24, 2.45) is 0 Å². The molecule has 0 aromatic heterocycles. The Labute approximate surface area is 138 Å². The summed E-state index contributed by atoms with van der Waals surface area (Å²) in [4.78, 5) is 14.4. The zero-order valence-corrected chi connectivity index (χ0v) is 13.9. The summed E-state index contributed by atoms with van der Waals surface area (Å²) < 4.78 is 0. The van der Waals surface area contributed by atoms with Gasteiger partial charge in [0.15, 0.2) is 0 Å². The Morgan fingerprint density at radius 3 is 2.43 bits per heavy atom. The number of carbonyl (C=O) groups is 1. The van der Waals surface area contributed by atoms with E-state index in [1.165, 1.54) is 5.56 Å². The molecule has 0 saturated heterocycles. The molecule has 0 saturated carbocycles. The zero-order chi connectivity index (χ0) is 16.7. The maximum atomic E-state index is 12.6. The molecule has 122 valence electrons. The van der Waals surface area contributed by atoms with Gasteiger partial charge in [-0.2, -0.15) is 0 Å². The number of hydrogen-bond donors (Lipinski definition) is 1. The van der Waals surface area contributed by atoms with E-state index in [-0.39, 0.29) is 18.6 Å². The van der Waals surface area contributed by atoms with Crippen LogP contribution in [0, 0.1) is 0 Å². The minimum Gasteiger partial charge on any atom is -0.396 e. The molecule has 0 aliphatic rings. The van der Waals surface area contributed by atoms with Crippen molar-refractivity contribution in [3.63, 3.8) is 0 Å². The van der Waals surface area contributed by atoms with Gasteiger partial charge in [-0.05, 0) is 29.5 Å². The molecule has 1 N–H and O–H groups in total. The van der Waals surface area contributed by atoms with E-state index in [1.807, 2.05) is 49.5 Å². The van der Waals surface area contributed by atoms with Gasteiger partial charge in [0, 0.05) is 13.7 Å². The molecule has 3 nitrogen and oxygen atoms in total. The van der Waals surface area contributed by atoms with E-state index in [1.54, 1.807) is 4.90 Å². The molecule has 1 unspecified atom stereocenters. The van der Waals surface area contributed by atoms with Crippen molar-refractivity contribution < 1.29 is 9.90 Å². The van der Waals surface area contributed by atoms with Gasteiger partial charge in [0.05, 0.1) is 12.5 Å². The molecule has 1 atom stereocenters. The van der Waals surface area contributed by atoms with Crippen molar-refractivity contribution in [2.45, 2.75) is 32.2 Å². The van der Waals surface area contributed by atoms with Gasteiger partial charge in [0.2, 0.25) is 5.91 Å². The van der Waals surface area contributed by atoms with E-state index < -0.39 is 0 Å². The van der Waals surface area contributed by atoms with Crippen LogP contribution in [0.15, 0.2) is 54.6 Å². The van der Waals surface area contributed by atoms with Crippen molar-refractivity contribution in [1.82, 2.24) is 4.90 Å². The lowest BCUT2D eigenvalue weighted by molar-refractivity contribution is -0.131. The molecular weight excluding hydrogens is 286 g/mol. The van der Waals surface area contributed by atoms with Crippen LogP contribution in [0.25, 0.3) is 0 Å². The molecule has 3 heteroatoms. The number of benzene rings is 2. The minimum atomic E-state index is -0.0944. The highest BCUT2D eigenvalue weighted by Crippen LogP contribution is 2.23. The van der Waals surface area contributed by atoms with Crippen molar-refractivity contribution in [1.29, 1.82) is 0 Å². The Morgan fingerprint density at radius 1 is 1.09 bits per heavy atom. The Bertz CT molecular complexity index is 625. The minimum absolute atomic E-state index is 0.0580. The monoisotopic (exact) mass is 311 g/mol. The Balaban J connectivity index is 2.12. The molecule has 0 spiro atoms. The second kappa shape index (κ2) is 8.49. The number of rotatable bonds is 7. The summed E-state index contributed by atoms with van der Waals surface area (Å²) in [6.07, 6.45) is 1.90. The van der Waals surface area contributed by atoms with Gasteiger partial charge in [0.25, 0.3) is 0 Å². The molecule has 2 aromatic carbocycles. The highest BCUT2D eigenvalue weighted by molar-refractivity contribution is 5.79. The standard InChI is InChI=1S/C20H25NO2/c1-3-16-8-7-9-17(14-16)15-20(23)21(2)19(12-13-22)18-10-5-4-6-11-18/h4-11,14,19,22H,3,12-13,15H2,1-2H3. The van der Waals surface area contributed by atoms with Crippen LogP contribution in [-0.4, -0.2) is 29.6 Å². The normalized spacial score (nSPS) is 12.0. The quantitative estimate of drug-likeness (QED) is 0.851. The van der Waals surface area contributed by atoms with Crippen LogP contribution in [0.5, 0.6) is 0 Å². The van der Waals surface area contributed by atoms with Crippen LogP contribution in [0.4, 0.5) is 0 Å². The first-order valence-electron chi connectivity index (χ1n) is 8.15. The van der Waals surface area contributed by atoms with Crippen LogP contribution in [0.1, 0.15) is 36.1 Å². The zero-order valence-electron chi connectivity index (χ0n) is 13.9. The van der Waals surface area contributed by atoms with Crippen LogP contribution in [-0.2, 0) is 17.6 Å². The summed E-state index contributed by atoms with van der Waals surface area (Å²) >= 11 is 0. The summed E-state index contributed by atoms with van der Waals surface area (Å²) in [6, 6.07) is 18.0. The summed E-state index contributed by atoms with van der Waals surface area (Å²) in [5.41, 5.74) is 3.34. The summed E-state index contributed by atoms with van der Waals surface area (Å²) in [5.74, 6) is 0.0700. The number of aliphatic hydroxyl groups excluding tert-OH is 1. The fourth-order valence-electron chi connectivity index (χ4n) is 2.81. The second-order valence-corrected chi connectivity index (χ2v) is 5.79. The average Bonchev–Trinajstić information content (AvgIpc) is 2.60. The molecule has 0 fully saturated rings. The predicted octanol–water partition coefficient (Wildman–Crippen LogP) is 3.37. The number of likely N-dealkylation sites (N-methyl/N-ethyl adjacent to an activating group) is 1.